The molecule has 1 unspecified atom stereocenters. The fourth-order valence-corrected chi connectivity index (χ4v) is 1.62. The molecule has 0 aliphatic heterocycles. The molecular formula is C12H23N3. The molecule has 0 spiro atoms. The molecule has 0 saturated heterocycles. The van der Waals surface area contributed by atoms with E-state index in [9.17, 15) is 0 Å². The molecule has 0 amide bonds. The second kappa shape index (κ2) is 5.65. The molecule has 0 aliphatic carbocycles. The molecule has 3 nitrogen and oxygen atoms in total. The van der Waals surface area contributed by atoms with Gasteiger partial charge in [-0.2, -0.15) is 0 Å². The van der Waals surface area contributed by atoms with Gasteiger partial charge in [-0.05, 0) is 0 Å². The molecule has 0 rings (SSSR count). The lowest BCUT2D eigenvalue weighted by atomic mass is 9.78. The van der Waals surface area contributed by atoms with E-state index in [0.29, 0.717) is 0 Å². The number of nitrogens with one attached hydrogen (secondary N) is 1. The molecular weight excluding hydrogens is 186 g/mol. The Morgan fingerprint density at radius 3 is 2.27 bits per heavy atom. The van der Waals surface area contributed by atoms with Crippen LogP contribution in [0.1, 0.15) is 20.8 Å². The Morgan fingerprint density at radius 1 is 1.40 bits per heavy atom. The predicted molar refractivity (Wildman–Crippen MR) is 66.8 cm³/mol. The minimum atomic E-state index is -0.0396. The summed E-state index contributed by atoms with van der Waals surface area (Å²) in [5.74, 6) is 4.50. The summed E-state index contributed by atoms with van der Waals surface area (Å²) in [4.78, 5) is 6.40. The third-order valence-corrected chi connectivity index (χ3v) is 2.71. The Kier molecular flexibility index (Phi) is 5.21. The lowest BCUT2D eigenvalue weighted by molar-refractivity contribution is 0.368. The molecule has 0 aromatic rings. The molecule has 0 bridgehead atoms. The molecule has 1 atom stereocenters. The normalized spacial score (nSPS) is 13.9. The van der Waals surface area contributed by atoms with Crippen molar-refractivity contribution in [3.8, 4) is 12.0 Å². The number of hydrogen-bond donors (Lipinski definition) is 1. The largest absolute Gasteiger partial charge is 0.366 e. The van der Waals surface area contributed by atoms with Gasteiger partial charge >= 0.3 is 0 Å². The van der Waals surface area contributed by atoms with Crippen LogP contribution in [0.2, 0.25) is 0 Å². The standard InChI is InChI=1S/C12H23N3/c1-10(8-9-13-4)12(2,3)11(14-5)15(6)7/h10,13H,1-7H3. The number of rotatable bonds is 2. The monoisotopic (exact) mass is 209 g/mol. The third-order valence-electron chi connectivity index (χ3n) is 2.71. The average Bonchev–Trinajstić information content (AvgIpc) is 2.13. The van der Waals surface area contributed by atoms with Crippen LogP contribution < -0.4 is 5.32 Å². The Balaban J connectivity index is 4.94. The van der Waals surface area contributed by atoms with E-state index < -0.39 is 0 Å². The van der Waals surface area contributed by atoms with E-state index in [-0.39, 0.29) is 11.3 Å². The highest BCUT2D eigenvalue weighted by atomic mass is 15.1. The van der Waals surface area contributed by atoms with Crippen molar-refractivity contribution < 1.29 is 0 Å². The van der Waals surface area contributed by atoms with Crippen LogP contribution in [0, 0.1) is 23.3 Å². The second-order valence-electron chi connectivity index (χ2n) is 4.40. The van der Waals surface area contributed by atoms with Gasteiger partial charge in [0.15, 0.2) is 0 Å². The van der Waals surface area contributed by atoms with Gasteiger partial charge < -0.3 is 10.2 Å². The van der Waals surface area contributed by atoms with Gasteiger partial charge in [0.2, 0.25) is 0 Å². The zero-order valence-corrected chi connectivity index (χ0v) is 11.0. The smallest absolute Gasteiger partial charge is 0.105 e. The topological polar surface area (TPSA) is 27.6 Å². The molecule has 15 heavy (non-hydrogen) atoms. The van der Waals surface area contributed by atoms with Gasteiger partial charge in [-0.25, -0.2) is 0 Å². The fourth-order valence-electron chi connectivity index (χ4n) is 1.62. The summed E-state index contributed by atoms with van der Waals surface area (Å²) in [7, 11) is 7.69. The fraction of sp³-hybridized carbons (Fsp3) is 0.750. The van der Waals surface area contributed by atoms with Gasteiger partial charge in [0.25, 0.3) is 0 Å². The number of nitrogens with zero attached hydrogens (tertiary/aromatic N) is 2. The zero-order chi connectivity index (χ0) is 12.1. The number of hydrogen-bond acceptors (Lipinski definition) is 2. The van der Waals surface area contributed by atoms with E-state index >= 15 is 0 Å². The van der Waals surface area contributed by atoms with E-state index in [4.69, 9.17) is 0 Å². The summed E-state index contributed by atoms with van der Waals surface area (Å²) in [6.45, 7) is 6.47. The summed E-state index contributed by atoms with van der Waals surface area (Å²) in [5, 5.41) is 2.84. The summed E-state index contributed by atoms with van der Waals surface area (Å²) in [6.07, 6.45) is 0. The van der Waals surface area contributed by atoms with E-state index in [1.165, 1.54) is 0 Å². The Bertz CT molecular complexity index is 279. The van der Waals surface area contributed by atoms with Crippen LogP contribution in [-0.2, 0) is 0 Å². The van der Waals surface area contributed by atoms with Crippen molar-refractivity contribution >= 4 is 5.84 Å². The number of amidine groups is 1. The first-order valence-corrected chi connectivity index (χ1v) is 5.19. The van der Waals surface area contributed by atoms with Crippen LogP contribution in [0.25, 0.3) is 0 Å². The first kappa shape index (κ1) is 13.8. The summed E-state index contributed by atoms with van der Waals surface area (Å²) < 4.78 is 0. The Hall–Kier alpha value is -1.17. The van der Waals surface area contributed by atoms with Crippen molar-refractivity contribution in [2.45, 2.75) is 20.8 Å². The molecule has 1 N–H and O–H groups in total. The lowest BCUT2D eigenvalue weighted by Gasteiger charge is -2.34. The van der Waals surface area contributed by atoms with Crippen LogP contribution >= 0.6 is 0 Å². The first-order chi connectivity index (χ1) is 6.87. The zero-order valence-electron chi connectivity index (χ0n) is 11.0. The van der Waals surface area contributed by atoms with Gasteiger partial charge in [0.05, 0.1) is 0 Å². The van der Waals surface area contributed by atoms with Gasteiger partial charge in [-0.3, -0.25) is 4.99 Å². The van der Waals surface area contributed by atoms with Crippen LogP contribution in [0.4, 0.5) is 0 Å². The SMILES string of the molecule is CN=C(N(C)C)C(C)(C)C(C)C#CNC. The van der Waals surface area contributed by atoms with Gasteiger partial charge in [0.1, 0.15) is 5.84 Å². The molecule has 0 fully saturated rings. The lowest BCUT2D eigenvalue weighted by Crippen LogP contribution is -2.40. The quantitative estimate of drug-likeness (QED) is 0.322. The predicted octanol–water partition coefficient (Wildman–Crippen LogP) is 1.42. The van der Waals surface area contributed by atoms with E-state index in [2.05, 4.69) is 47.9 Å². The van der Waals surface area contributed by atoms with Crippen molar-refractivity contribution in [2.75, 3.05) is 28.2 Å². The maximum absolute atomic E-state index is 4.34. The number of aliphatic imine (C=N–C) groups is 1. The van der Waals surface area contributed by atoms with Crippen molar-refractivity contribution in [3.05, 3.63) is 0 Å². The second-order valence-corrected chi connectivity index (χ2v) is 4.40. The van der Waals surface area contributed by atoms with Gasteiger partial charge in [0, 0.05) is 45.6 Å². The van der Waals surface area contributed by atoms with Crippen molar-refractivity contribution in [2.24, 2.45) is 16.3 Å². The van der Waals surface area contributed by atoms with Crippen LogP contribution in [0.3, 0.4) is 0 Å². The summed E-state index contributed by atoms with van der Waals surface area (Å²) >= 11 is 0. The van der Waals surface area contributed by atoms with Gasteiger partial charge in [-0.15, -0.1) is 0 Å². The van der Waals surface area contributed by atoms with Crippen LogP contribution in [-0.4, -0.2) is 38.9 Å². The van der Waals surface area contributed by atoms with Crippen LogP contribution in [0.15, 0.2) is 4.99 Å². The Labute approximate surface area is 94.0 Å². The van der Waals surface area contributed by atoms with Crippen LogP contribution in [0.5, 0.6) is 0 Å². The molecule has 0 radical (unpaired) electrons. The van der Waals surface area contributed by atoms with E-state index in [1.54, 1.807) is 0 Å². The van der Waals surface area contributed by atoms with E-state index in [1.807, 2.05) is 28.2 Å². The third kappa shape index (κ3) is 3.47. The highest BCUT2D eigenvalue weighted by Gasteiger charge is 2.31. The average molecular weight is 209 g/mol. The molecule has 0 saturated carbocycles. The van der Waals surface area contributed by atoms with Gasteiger partial charge in [-0.1, -0.05) is 26.7 Å². The van der Waals surface area contributed by atoms with E-state index in [0.717, 1.165) is 5.84 Å². The highest BCUT2D eigenvalue weighted by molar-refractivity contribution is 5.87. The van der Waals surface area contributed by atoms with Crippen molar-refractivity contribution in [3.63, 3.8) is 0 Å². The highest BCUT2D eigenvalue weighted by Crippen LogP contribution is 2.28. The molecule has 0 aromatic heterocycles. The Morgan fingerprint density at radius 2 is 1.93 bits per heavy atom. The molecule has 0 aromatic carbocycles. The molecule has 0 heterocycles. The molecule has 0 aliphatic rings. The molecule has 3 heteroatoms. The summed E-state index contributed by atoms with van der Waals surface area (Å²) in [6, 6.07) is 2.90. The maximum Gasteiger partial charge on any atom is 0.105 e. The van der Waals surface area contributed by atoms with Crippen molar-refractivity contribution in [1.29, 1.82) is 0 Å². The van der Waals surface area contributed by atoms with Crippen molar-refractivity contribution in [1.82, 2.24) is 10.2 Å². The minimum absolute atomic E-state index is 0.0396. The maximum atomic E-state index is 4.34. The molecule has 86 valence electrons. The first-order valence-electron chi connectivity index (χ1n) is 5.19. The summed E-state index contributed by atoms with van der Waals surface area (Å²) in [5.41, 5.74) is -0.0396. The minimum Gasteiger partial charge on any atom is -0.366 e.